The van der Waals surface area contributed by atoms with Crippen LogP contribution in [0.25, 0.3) is 0 Å². The van der Waals surface area contributed by atoms with Gasteiger partial charge >= 0.3 is 22.4 Å². The molecule has 0 aliphatic carbocycles. The van der Waals surface area contributed by atoms with E-state index in [0.29, 0.717) is 0 Å². The molecule has 0 atom stereocenters. The van der Waals surface area contributed by atoms with Gasteiger partial charge in [-0.1, -0.05) is 0 Å². The molecule has 0 spiro atoms. The van der Waals surface area contributed by atoms with Crippen molar-refractivity contribution in [2.45, 2.75) is 0 Å². The zero-order valence-corrected chi connectivity index (χ0v) is 10.7. The summed E-state index contributed by atoms with van der Waals surface area (Å²) < 4.78 is 0. The van der Waals surface area contributed by atoms with Gasteiger partial charge in [-0.2, -0.15) is 0 Å². The molecule has 0 bridgehead atoms. The second kappa shape index (κ2) is 44.0. The van der Waals surface area contributed by atoms with Crippen molar-refractivity contribution < 1.29 is 64.4 Å². The number of nitrogens with zero attached hydrogens (tertiary/aromatic N) is 4. The topological polar surface area (TPSA) is 356 Å². The Kier molecular flexibility index (Phi) is 116. The first-order chi connectivity index (χ1) is 6.93. The largest absolute Gasteiger partial charge is 3.00 e. The second-order valence-electron chi connectivity index (χ2n) is 0.909. The summed E-state index contributed by atoms with van der Waals surface area (Å²) in [6.07, 6.45) is 0. The molecule has 0 aliphatic rings. The first-order valence-electron chi connectivity index (χ1n) is 2.21. The van der Waals surface area contributed by atoms with Gasteiger partial charge in [0, 0.05) is 0 Å². The van der Waals surface area contributed by atoms with Crippen LogP contribution in [0.4, 0.5) is 0 Å². The third-order valence-corrected chi connectivity index (χ3v) is 0. The minimum atomic E-state index is -1.75. The third kappa shape index (κ3) is 482. The molecule has 20 heavy (non-hydrogen) atoms. The van der Waals surface area contributed by atoms with E-state index in [4.69, 9.17) is 61.3 Å². The minimum Gasteiger partial charge on any atom is -0.412 e. The molecule has 0 rings (SSSR count). The van der Waals surface area contributed by atoms with Crippen LogP contribution in [-0.4, -0.2) is 42.0 Å². The van der Waals surface area contributed by atoms with Crippen LogP contribution >= 0.6 is 0 Å². The van der Waals surface area contributed by atoms with E-state index in [1.807, 2.05) is 0 Å². The van der Waals surface area contributed by atoms with Crippen LogP contribution < -0.4 is 0 Å². The Morgan fingerprint density at radius 2 is 0.550 bits per heavy atom. The molecule has 0 aromatic rings. The number of hydrogen-bond acceptors (Lipinski definition) is 11. The molecule has 128 valence electrons. The SMILES string of the molecule is O.O.O.O=[N+]([O-])O.O=[N+]([O-])[O-].O=[N+]([O-])[O-].O=[N+]([O-])[O-].[Au+3]. The smallest absolute Gasteiger partial charge is 0.412 e. The predicted octanol–water partition coefficient (Wildman–Crippen LogP) is -3.54. The quantitative estimate of drug-likeness (QED) is 0.192. The Hall–Kier alpha value is -2.58. The van der Waals surface area contributed by atoms with Crippen molar-refractivity contribution in [3.63, 3.8) is 0 Å². The number of rotatable bonds is 0. The fraction of sp³-hybridized carbons (Fsp3) is 0. The van der Waals surface area contributed by atoms with Crippen molar-refractivity contribution in [1.82, 2.24) is 0 Å². The molecule has 19 nitrogen and oxygen atoms in total. The summed E-state index contributed by atoms with van der Waals surface area (Å²) in [5.41, 5.74) is 0. The molecule has 0 aromatic heterocycles. The van der Waals surface area contributed by atoms with Gasteiger partial charge in [0.2, 0.25) is 0 Å². The van der Waals surface area contributed by atoms with E-state index in [1.165, 1.54) is 0 Å². The average Bonchev–Trinajstić information content (AvgIpc) is 1.76. The maximum atomic E-state index is 8.36. The van der Waals surface area contributed by atoms with Crippen molar-refractivity contribution in [1.29, 1.82) is 0 Å². The summed E-state index contributed by atoms with van der Waals surface area (Å²) in [7, 11) is 0. The standard InChI is InChI=1S/Au.HNO3.3NO3.3H2O/c;4*2-1(3)4;;;/h;(H,2,3,4);;;;3*1H2/q+3;;3*-1;;;. The zero-order valence-electron chi connectivity index (χ0n) is 8.53. The third-order valence-electron chi connectivity index (χ3n) is 0. The predicted molar refractivity (Wildman–Crippen MR) is 50.7 cm³/mol. The van der Waals surface area contributed by atoms with Crippen molar-refractivity contribution in [3.05, 3.63) is 56.1 Å². The Morgan fingerprint density at radius 3 is 0.550 bits per heavy atom. The summed E-state index contributed by atoms with van der Waals surface area (Å²) >= 11 is 0. The zero-order chi connectivity index (χ0) is 14.3. The van der Waals surface area contributed by atoms with Gasteiger partial charge < -0.3 is 67.6 Å². The van der Waals surface area contributed by atoms with Gasteiger partial charge in [-0.25, -0.2) is 0 Å². The molecule has 0 radical (unpaired) electrons. The van der Waals surface area contributed by atoms with Crippen LogP contribution in [0.2, 0.25) is 0 Å². The van der Waals surface area contributed by atoms with E-state index >= 15 is 0 Å². The van der Waals surface area contributed by atoms with Crippen molar-refractivity contribution >= 4 is 0 Å². The van der Waals surface area contributed by atoms with Gasteiger partial charge in [0.15, 0.2) is 0 Å². The Balaban J connectivity index is -0.0000000150. The van der Waals surface area contributed by atoms with Gasteiger partial charge in [-0.3, -0.25) is 0 Å². The van der Waals surface area contributed by atoms with Gasteiger partial charge in [0.25, 0.3) is 5.09 Å². The monoisotopic (exact) mass is 500 g/mol. The molecule has 0 fully saturated rings. The fourth-order valence-corrected chi connectivity index (χ4v) is 0. The van der Waals surface area contributed by atoms with Crippen molar-refractivity contribution in [2.75, 3.05) is 0 Å². The first kappa shape index (κ1) is 52.9. The summed E-state index contributed by atoms with van der Waals surface area (Å²) in [5, 5.41) is 57.9. The van der Waals surface area contributed by atoms with Crippen molar-refractivity contribution in [3.8, 4) is 0 Å². The molecule has 0 saturated heterocycles. The van der Waals surface area contributed by atoms with E-state index in [-0.39, 0.29) is 38.8 Å². The van der Waals surface area contributed by atoms with Crippen LogP contribution in [0.1, 0.15) is 0 Å². The average molecular weight is 500 g/mol. The molecule has 20 heteroatoms. The van der Waals surface area contributed by atoms with Crippen LogP contribution in [0.15, 0.2) is 0 Å². The molecule has 0 aromatic carbocycles. The van der Waals surface area contributed by atoms with Crippen LogP contribution in [0.3, 0.4) is 0 Å². The van der Waals surface area contributed by atoms with E-state index < -0.39 is 20.3 Å². The van der Waals surface area contributed by atoms with Crippen molar-refractivity contribution in [2.24, 2.45) is 0 Å². The molecule has 0 aliphatic heterocycles. The number of hydrogen-bond donors (Lipinski definition) is 1. The molecule has 0 saturated carbocycles. The van der Waals surface area contributed by atoms with E-state index in [0.717, 1.165) is 0 Å². The van der Waals surface area contributed by atoms with Gasteiger partial charge in [0.1, 0.15) is 0 Å². The summed E-state index contributed by atoms with van der Waals surface area (Å²) in [6.45, 7) is 0. The summed E-state index contributed by atoms with van der Waals surface area (Å²) in [4.78, 5) is 33.1. The molecule has 0 unspecified atom stereocenters. The van der Waals surface area contributed by atoms with Gasteiger partial charge in [0.05, 0.1) is 15.3 Å². The maximum Gasteiger partial charge on any atom is 3.00 e. The summed E-state index contributed by atoms with van der Waals surface area (Å²) in [6, 6.07) is 0. The molecular weight excluding hydrogens is 493 g/mol. The second-order valence-corrected chi connectivity index (χ2v) is 0.909. The van der Waals surface area contributed by atoms with E-state index in [1.54, 1.807) is 0 Å². The van der Waals surface area contributed by atoms with Crippen LogP contribution in [0, 0.1) is 56.1 Å². The first-order valence-corrected chi connectivity index (χ1v) is 2.21. The van der Waals surface area contributed by atoms with Crippen LogP contribution in [-0.2, 0) is 22.4 Å². The Bertz CT molecular complexity index is 160. The normalized spacial score (nSPS) is 4.80. The molecule has 0 heterocycles. The maximum absolute atomic E-state index is 8.36. The molecular formula is H7AuN4O15. The van der Waals surface area contributed by atoms with Gasteiger partial charge in [-0.15, -0.1) is 10.1 Å². The van der Waals surface area contributed by atoms with Gasteiger partial charge in [-0.05, 0) is 0 Å². The van der Waals surface area contributed by atoms with Crippen LogP contribution in [0.5, 0.6) is 0 Å². The van der Waals surface area contributed by atoms with E-state index in [9.17, 15) is 0 Å². The van der Waals surface area contributed by atoms with E-state index in [2.05, 4.69) is 0 Å². The molecule has 0 amide bonds. The minimum absolute atomic E-state index is 0. The Morgan fingerprint density at radius 1 is 0.550 bits per heavy atom. The summed E-state index contributed by atoms with van der Waals surface area (Å²) in [5.74, 6) is 0. The Labute approximate surface area is 121 Å². The molecule has 7 N–H and O–H groups in total. The fourth-order valence-electron chi connectivity index (χ4n) is 0.